The van der Waals surface area contributed by atoms with Crippen LogP contribution in [0.3, 0.4) is 0 Å². The minimum Gasteiger partial charge on any atom is -0.507 e. The Balaban J connectivity index is 0.00000476. The predicted molar refractivity (Wildman–Crippen MR) is 247 cm³/mol. The summed E-state index contributed by atoms with van der Waals surface area (Å²) in [5, 5.41) is 14.7. The molecule has 0 spiro atoms. The topological polar surface area (TPSA) is 64.1 Å². The zero-order valence-corrected chi connectivity index (χ0v) is 37.4. The second-order valence-electron chi connectivity index (χ2n) is 18.0. The van der Waals surface area contributed by atoms with E-state index in [0.717, 1.165) is 83.8 Å². The fourth-order valence-corrected chi connectivity index (χ4v) is 8.45. The standard InChI is InChI=1S/C55H46N3O2.Pt/c1-54(2,3)38-23-26-48(59)46(32-38)53-57-51-41(18-12-19-47(51)58(53)40-24-21-35(22-25-40)28-34-14-8-7-9-15-34)37-30-44-42-17-10-11-20-49(42)60-52(44)45(31-37)43-33-39(55(4,5)6)29-36-16-13-27-56-50(36)43;/h7-27,29-30,32-33,59H,28H2,1-6H3;/q-1;. The van der Waals surface area contributed by atoms with Crippen LogP contribution >= 0.6 is 0 Å². The minimum atomic E-state index is -0.138. The van der Waals surface area contributed by atoms with Gasteiger partial charge in [-0.1, -0.05) is 155 Å². The maximum Gasteiger partial charge on any atom is 0.148 e. The van der Waals surface area contributed by atoms with Gasteiger partial charge in [-0.25, -0.2) is 4.98 Å². The molecule has 10 aromatic rings. The van der Waals surface area contributed by atoms with Crippen LogP contribution < -0.4 is 0 Å². The Morgan fingerprint density at radius 1 is 0.623 bits per heavy atom. The molecular weight excluding hydrogens is 930 g/mol. The first-order chi connectivity index (χ1) is 28.9. The Labute approximate surface area is 371 Å². The third-order valence-electron chi connectivity index (χ3n) is 11.8. The van der Waals surface area contributed by atoms with Gasteiger partial charge in [0, 0.05) is 43.9 Å². The Bertz CT molecular complexity index is 3260. The van der Waals surface area contributed by atoms with Gasteiger partial charge in [-0.3, -0.25) is 9.55 Å². The number of hydrogen-bond acceptors (Lipinski definition) is 4. The number of imidazole rings is 1. The average Bonchev–Trinajstić information content (AvgIpc) is 3.82. The molecule has 7 aromatic carbocycles. The molecule has 0 saturated carbocycles. The zero-order chi connectivity index (χ0) is 41.3. The molecule has 10 rings (SSSR count). The molecule has 0 atom stereocenters. The van der Waals surface area contributed by atoms with Crippen LogP contribution in [0, 0.1) is 6.07 Å². The van der Waals surface area contributed by atoms with E-state index < -0.39 is 0 Å². The molecule has 6 heteroatoms. The summed E-state index contributed by atoms with van der Waals surface area (Å²) < 4.78 is 8.91. The van der Waals surface area contributed by atoms with Crippen LogP contribution in [0.4, 0.5) is 0 Å². The van der Waals surface area contributed by atoms with Crippen LogP contribution in [-0.4, -0.2) is 19.6 Å². The number of benzene rings is 7. The van der Waals surface area contributed by atoms with Crippen molar-refractivity contribution in [3.63, 3.8) is 0 Å². The van der Waals surface area contributed by atoms with Crippen molar-refractivity contribution in [2.24, 2.45) is 0 Å². The third-order valence-corrected chi connectivity index (χ3v) is 11.8. The molecule has 1 N–H and O–H groups in total. The molecule has 304 valence electrons. The number of phenolic OH excluding ortho intramolecular Hbond substituents is 1. The first-order valence-electron chi connectivity index (χ1n) is 20.7. The molecule has 0 saturated heterocycles. The molecule has 0 bridgehead atoms. The van der Waals surface area contributed by atoms with Crippen LogP contribution in [0.2, 0.25) is 0 Å². The Kier molecular flexibility index (Phi) is 10.1. The number of nitrogens with zero attached hydrogens (tertiary/aromatic N) is 3. The monoisotopic (exact) mass is 975 g/mol. The number of phenols is 1. The maximum absolute atomic E-state index is 11.6. The SMILES string of the molecule is CC(C)(C)c1ccc(O)c(-c2nc3c(-c4[c-]c(-c5cc(C(C)(C)C)cc6cccnc56)c5oc6ccccc6c5c4)cccc3n2-c2ccc(Cc3ccccc3)cc2)c1.[Pt]. The van der Waals surface area contributed by atoms with Gasteiger partial charge in [0.05, 0.1) is 22.2 Å². The summed E-state index contributed by atoms with van der Waals surface area (Å²) in [6.45, 7) is 13.3. The Hall–Kier alpha value is -6.29. The van der Waals surface area contributed by atoms with Crippen molar-refractivity contribution < 1.29 is 30.6 Å². The molecule has 0 aliphatic rings. The first kappa shape index (κ1) is 40.1. The molecule has 61 heavy (non-hydrogen) atoms. The molecule has 3 aromatic heterocycles. The van der Waals surface area contributed by atoms with Gasteiger partial charge < -0.3 is 9.52 Å². The second kappa shape index (κ2) is 15.3. The van der Waals surface area contributed by atoms with Crippen molar-refractivity contribution in [1.82, 2.24) is 14.5 Å². The first-order valence-corrected chi connectivity index (χ1v) is 20.7. The van der Waals surface area contributed by atoms with Gasteiger partial charge in [0.2, 0.25) is 0 Å². The van der Waals surface area contributed by atoms with Gasteiger partial charge >= 0.3 is 0 Å². The van der Waals surface area contributed by atoms with Gasteiger partial charge in [-0.2, -0.15) is 0 Å². The molecule has 3 heterocycles. The summed E-state index contributed by atoms with van der Waals surface area (Å²) in [6, 6.07) is 54.4. The molecule has 0 radical (unpaired) electrons. The fourth-order valence-electron chi connectivity index (χ4n) is 8.45. The minimum absolute atomic E-state index is 0. The van der Waals surface area contributed by atoms with Crippen molar-refractivity contribution in [2.75, 3.05) is 0 Å². The number of pyridine rings is 1. The van der Waals surface area contributed by atoms with Gasteiger partial charge in [0.25, 0.3) is 0 Å². The van der Waals surface area contributed by atoms with Gasteiger partial charge in [0.1, 0.15) is 17.2 Å². The zero-order valence-electron chi connectivity index (χ0n) is 35.2. The van der Waals surface area contributed by atoms with E-state index in [1.165, 1.54) is 16.7 Å². The number of hydrogen-bond donors (Lipinski definition) is 1. The van der Waals surface area contributed by atoms with Crippen LogP contribution in [0.15, 0.2) is 156 Å². The number of furan rings is 1. The van der Waals surface area contributed by atoms with E-state index in [9.17, 15) is 5.11 Å². The van der Waals surface area contributed by atoms with E-state index in [1.54, 1.807) is 6.07 Å². The largest absolute Gasteiger partial charge is 0.507 e. The molecule has 0 unspecified atom stereocenters. The summed E-state index contributed by atoms with van der Waals surface area (Å²) in [4.78, 5) is 10.4. The summed E-state index contributed by atoms with van der Waals surface area (Å²) in [5.41, 5.74) is 14.1. The molecule has 0 aliphatic carbocycles. The maximum atomic E-state index is 11.6. The number of aromatic nitrogens is 3. The molecule has 0 fully saturated rings. The van der Waals surface area contributed by atoms with Crippen LogP contribution in [-0.2, 0) is 38.3 Å². The predicted octanol–water partition coefficient (Wildman–Crippen LogP) is 14.2. The number of aromatic hydroxyl groups is 1. The van der Waals surface area contributed by atoms with Crippen LogP contribution in [0.25, 0.3) is 83.2 Å². The van der Waals surface area contributed by atoms with Crippen molar-refractivity contribution >= 4 is 43.9 Å². The van der Waals surface area contributed by atoms with Gasteiger partial charge in [-0.05, 0) is 92.7 Å². The van der Waals surface area contributed by atoms with E-state index in [2.05, 4.69) is 161 Å². The number of fused-ring (bicyclic) bond motifs is 5. The Morgan fingerprint density at radius 2 is 1.34 bits per heavy atom. The van der Waals surface area contributed by atoms with E-state index in [0.29, 0.717) is 11.4 Å². The summed E-state index contributed by atoms with van der Waals surface area (Å²) >= 11 is 0. The quantitative estimate of drug-likeness (QED) is 0.169. The molecular formula is C55H46N3O2Pt-. The van der Waals surface area contributed by atoms with E-state index in [-0.39, 0.29) is 37.6 Å². The van der Waals surface area contributed by atoms with Crippen molar-refractivity contribution in [2.45, 2.75) is 58.8 Å². The van der Waals surface area contributed by atoms with Crippen LogP contribution in [0.1, 0.15) is 63.8 Å². The second-order valence-corrected chi connectivity index (χ2v) is 18.0. The van der Waals surface area contributed by atoms with E-state index in [4.69, 9.17) is 14.4 Å². The number of para-hydroxylation sites is 2. The molecule has 0 amide bonds. The smallest absolute Gasteiger partial charge is 0.148 e. The Morgan fingerprint density at radius 3 is 2.11 bits per heavy atom. The molecule has 0 aliphatic heterocycles. The van der Waals surface area contributed by atoms with Crippen LogP contribution in [0.5, 0.6) is 5.75 Å². The average molecular weight is 976 g/mol. The van der Waals surface area contributed by atoms with Gasteiger partial charge in [0.15, 0.2) is 0 Å². The van der Waals surface area contributed by atoms with E-state index in [1.807, 2.05) is 36.5 Å². The van der Waals surface area contributed by atoms with Gasteiger partial charge in [-0.15, -0.1) is 17.7 Å². The van der Waals surface area contributed by atoms with Crippen molar-refractivity contribution in [3.8, 4) is 45.1 Å². The fraction of sp³-hybridized carbons (Fsp3) is 0.164. The third kappa shape index (κ3) is 7.25. The van der Waals surface area contributed by atoms with E-state index >= 15 is 0 Å². The molecule has 5 nitrogen and oxygen atoms in total. The van der Waals surface area contributed by atoms with Crippen molar-refractivity contribution in [3.05, 3.63) is 180 Å². The summed E-state index contributed by atoms with van der Waals surface area (Å²) in [7, 11) is 0. The summed E-state index contributed by atoms with van der Waals surface area (Å²) in [5.74, 6) is 0.847. The van der Waals surface area contributed by atoms with Crippen molar-refractivity contribution in [1.29, 1.82) is 0 Å². The number of rotatable bonds is 6. The summed E-state index contributed by atoms with van der Waals surface area (Å²) in [6.07, 6.45) is 2.69. The normalized spacial score (nSPS) is 12.1.